The van der Waals surface area contributed by atoms with Crippen LogP contribution in [-0.2, 0) is 9.53 Å². The van der Waals surface area contributed by atoms with Crippen LogP contribution in [0.3, 0.4) is 0 Å². The Bertz CT molecular complexity index is 363. The molecule has 0 saturated carbocycles. The van der Waals surface area contributed by atoms with E-state index < -0.39 is 6.04 Å². The molecular formula is C12H19N3O2. The van der Waals surface area contributed by atoms with E-state index in [1.165, 1.54) is 7.11 Å². The first-order valence-electron chi connectivity index (χ1n) is 5.37. The summed E-state index contributed by atoms with van der Waals surface area (Å²) < 4.78 is 4.82. The summed E-state index contributed by atoms with van der Waals surface area (Å²) in [6, 6.07) is 6.89. The summed E-state index contributed by atoms with van der Waals surface area (Å²) in [6.45, 7) is 0.210. The second kappa shape index (κ2) is 6.22. The minimum Gasteiger partial charge on any atom is -0.383 e. The second-order valence-corrected chi connectivity index (χ2v) is 3.99. The molecule has 1 rings (SSSR count). The normalized spacial score (nSPS) is 12.0. The number of nitrogens with one attached hydrogen (secondary N) is 1. The van der Waals surface area contributed by atoms with Crippen molar-refractivity contribution in [1.29, 1.82) is 0 Å². The van der Waals surface area contributed by atoms with E-state index in [0.717, 1.165) is 11.4 Å². The molecule has 5 heteroatoms. The Morgan fingerprint density at radius 1 is 1.41 bits per heavy atom. The van der Waals surface area contributed by atoms with Crippen LogP contribution >= 0.6 is 0 Å². The minimum absolute atomic E-state index is 0.210. The first-order chi connectivity index (χ1) is 8.04. The Kier molecular flexibility index (Phi) is 4.93. The predicted molar refractivity (Wildman–Crippen MR) is 69.3 cm³/mol. The lowest BCUT2D eigenvalue weighted by molar-refractivity contribution is -0.118. The van der Waals surface area contributed by atoms with Gasteiger partial charge >= 0.3 is 0 Å². The summed E-state index contributed by atoms with van der Waals surface area (Å²) in [6.07, 6.45) is 0. The van der Waals surface area contributed by atoms with Crippen molar-refractivity contribution in [3.05, 3.63) is 24.3 Å². The second-order valence-electron chi connectivity index (χ2n) is 3.99. The van der Waals surface area contributed by atoms with E-state index in [4.69, 9.17) is 10.5 Å². The van der Waals surface area contributed by atoms with Gasteiger partial charge in [-0.25, -0.2) is 0 Å². The number of benzene rings is 1. The fourth-order valence-electron chi connectivity index (χ4n) is 1.33. The average Bonchev–Trinajstić information content (AvgIpc) is 2.30. The molecule has 1 aromatic rings. The maximum absolute atomic E-state index is 11.6. The third-order valence-corrected chi connectivity index (χ3v) is 2.33. The molecule has 1 unspecified atom stereocenters. The lowest BCUT2D eigenvalue weighted by Crippen LogP contribution is -2.39. The molecule has 0 radical (unpaired) electrons. The molecule has 94 valence electrons. The lowest BCUT2D eigenvalue weighted by Gasteiger charge is -2.14. The number of carbonyl (C=O) groups is 1. The molecule has 0 aliphatic rings. The van der Waals surface area contributed by atoms with Crippen LogP contribution in [0.1, 0.15) is 0 Å². The van der Waals surface area contributed by atoms with E-state index in [-0.39, 0.29) is 12.5 Å². The highest BCUT2D eigenvalue weighted by Gasteiger charge is 2.12. The molecular weight excluding hydrogens is 218 g/mol. The molecule has 1 atom stereocenters. The van der Waals surface area contributed by atoms with Crippen LogP contribution < -0.4 is 16.0 Å². The van der Waals surface area contributed by atoms with Crippen molar-refractivity contribution in [2.75, 3.05) is 38.0 Å². The number of hydrogen-bond acceptors (Lipinski definition) is 4. The van der Waals surface area contributed by atoms with Gasteiger partial charge in [0.1, 0.15) is 6.04 Å². The summed E-state index contributed by atoms with van der Waals surface area (Å²) in [5.74, 6) is -0.246. The SMILES string of the molecule is COCC(N)C(=O)Nc1ccc(N(C)C)cc1. The van der Waals surface area contributed by atoms with Gasteiger partial charge in [0.25, 0.3) is 0 Å². The molecule has 17 heavy (non-hydrogen) atoms. The molecule has 0 saturated heterocycles. The van der Waals surface area contributed by atoms with Gasteiger partial charge in [-0.05, 0) is 24.3 Å². The maximum Gasteiger partial charge on any atom is 0.243 e. The van der Waals surface area contributed by atoms with E-state index >= 15 is 0 Å². The number of hydrogen-bond donors (Lipinski definition) is 2. The molecule has 0 heterocycles. The van der Waals surface area contributed by atoms with Gasteiger partial charge in [-0.15, -0.1) is 0 Å². The fraction of sp³-hybridized carbons (Fsp3) is 0.417. The predicted octanol–water partition coefficient (Wildman–Crippen LogP) is 0.665. The first-order valence-corrected chi connectivity index (χ1v) is 5.37. The summed E-state index contributed by atoms with van der Waals surface area (Å²) in [4.78, 5) is 13.6. The maximum atomic E-state index is 11.6. The van der Waals surface area contributed by atoms with Gasteiger partial charge < -0.3 is 20.7 Å². The standard InChI is InChI=1S/C12H19N3O2/c1-15(2)10-6-4-9(5-7-10)14-12(16)11(13)8-17-3/h4-7,11H,8,13H2,1-3H3,(H,14,16). The van der Waals surface area contributed by atoms with Crippen molar-refractivity contribution in [3.63, 3.8) is 0 Å². The Morgan fingerprint density at radius 3 is 2.47 bits per heavy atom. The number of nitrogens with two attached hydrogens (primary N) is 1. The number of ether oxygens (including phenoxy) is 1. The fourth-order valence-corrected chi connectivity index (χ4v) is 1.33. The number of rotatable bonds is 5. The monoisotopic (exact) mass is 237 g/mol. The van der Waals surface area contributed by atoms with Crippen LogP contribution in [0.15, 0.2) is 24.3 Å². The van der Waals surface area contributed by atoms with Gasteiger partial charge in [0, 0.05) is 32.6 Å². The first kappa shape index (κ1) is 13.5. The topological polar surface area (TPSA) is 67.6 Å². The molecule has 0 aliphatic heterocycles. The summed E-state index contributed by atoms with van der Waals surface area (Å²) in [5.41, 5.74) is 7.41. The highest BCUT2D eigenvalue weighted by Crippen LogP contribution is 2.15. The van der Waals surface area contributed by atoms with Gasteiger partial charge in [0.05, 0.1) is 6.61 Å². The Hall–Kier alpha value is -1.59. The van der Waals surface area contributed by atoms with Crippen LogP contribution in [0.4, 0.5) is 11.4 Å². The zero-order valence-electron chi connectivity index (χ0n) is 10.4. The molecule has 0 aliphatic carbocycles. The van der Waals surface area contributed by atoms with Crippen LogP contribution in [0.25, 0.3) is 0 Å². The van der Waals surface area contributed by atoms with E-state index in [2.05, 4.69) is 5.32 Å². The number of carbonyl (C=O) groups excluding carboxylic acids is 1. The molecule has 0 bridgehead atoms. The highest BCUT2D eigenvalue weighted by atomic mass is 16.5. The van der Waals surface area contributed by atoms with Gasteiger partial charge in [-0.2, -0.15) is 0 Å². The number of nitrogens with zero attached hydrogens (tertiary/aromatic N) is 1. The Balaban J connectivity index is 2.60. The van der Waals surface area contributed by atoms with Crippen molar-refractivity contribution in [1.82, 2.24) is 0 Å². The van der Waals surface area contributed by atoms with E-state index in [9.17, 15) is 4.79 Å². The minimum atomic E-state index is -0.645. The van der Waals surface area contributed by atoms with Crippen LogP contribution in [0, 0.1) is 0 Å². The van der Waals surface area contributed by atoms with Gasteiger partial charge in [-0.1, -0.05) is 0 Å². The molecule has 0 fully saturated rings. The zero-order valence-corrected chi connectivity index (χ0v) is 10.4. The van der Waals surface area contributed by atoms with Crippen molar-refractivity contribution in [2.45, 2.75) is 6.04 Å². The Labute approximate surface area is 102 Å². The van der Waals surface area contributed by atoms with Crippen molar-refractivity contribution in [2.24, 2.45) is 5.73 Å². The van der Waals surface area contributed by atoms with E-state index in [1.807, 2.05) is 43.3 Å². The Morgan fingerprint density at radius 2 is 2.00 bits per heavy atom. The molecule has 1 aromatic carbocycles. The summed E-state index contributed by atoms with van der Waals surface area (Å²) in [7, 11) is 5.43. The zero-order chi connectivity index (χ0) is 12.8. The molecule has 3 N–H and O–H groups in total. The summed E-state index contributed by atoms with van der Waals surface area (Å²) >= 11 is 0. The summed E-state index contributed by atoms with van der Waals surface area (Å²) in [5, 5.41) is 2.73. The largest absolute Gasteiger partial charge is 0.383 e. The number of methoxy groups -OCH3 is 1. The quantitative estimate of drug-likeness (QED) is 0.789. The van der Waals surface area contributed by atoms with Crippen LogP contribution in [0.2, 0.25) is 0 Å². The van der Waals surface area contributed by atoms with E-state index in [1.54, 1.807) is 0 Å². The molecule has 0 aromatic heterocycles. The van der Waals surface area contributed by atoms with Gasteiger partial charge in [0.15, 0.2) is 0 Å². The molecule has 1 amide bonds. The van der Waals surface area contributed by atoms with E-state index in [0.29, 0.717) is 0 Å². The van der Waals surface area contributed by atoms with Crippen LogP contribution in [0.5, 0.6) is 0 Å². The van der Waals surface area contributed by atoms with Crippen molar-refractivity contribution in [3.8, 4) is 0 Å². The van der Waals surface area contributed by atoms with Gasteiger partial charge in [-0.3, -0.25) is 4.79 Å². The smallest absolute Gasteiger partial charge is 0.243 e. The molecule has 5 nitrogen and oxygen atoms in total. The number of anilines is 2. The molecule has 0 spiro atoms. The third-order valence-electron chi connectivity index (χ3n) is 2.33. The van der Waals surface area contributed by atoms with Gasteiger partial charge in [0.2, 0.25) is 5.91 Å². The highest BCUT2D eigenvalue weighted by molar-refractivity contribution is 5.94. The van der Waals surface area contributed by atoms with Crippen molar-refractivity contribution < 1.29 is 9.53 Å². The van der Waals surface area contributed by atoms with Crippen LogP contribution in [-0.4, -0.2) is 39.8 Å². The average molecular weight is 237 g/mol. The number of amides is 1. The third kappa shape index (κ3) is 4.05. The van der Waals surface area contributed by atoms with Crippen molar-refractivity contribution >= 4 is 17.3 Å². The lowest BCUT2D eigenvalue weighted by atomic mass is 10.2.